The predicted molar refractivity (Wildman–Crippen MR) is 110 cm³/mol. The van der Waals surface area contributed by atoms with Gasteiger partial charge in [0.2, 0.25) is 10.0 Å². The first-order chi connectivity index (χ1) is 13.9. The minimum absolute atomic E-state index is 0.0475. The zero-order chi connectivity index (χ0) is 20.9. The minimum atomic E-state index is -3.52. The van der Waals surface area contributed by atoms with Gasteiger partial charge in [0, 0.05) is 12.7 Å². The molecule has 1 aromatic heterocycles. The van der Waals surface area contributed by atoms with E-state index in [0.29, 0.717) is 18.9 Å². The molecule has 8 nitrogen and oxygen atoms in total. The SMILES string of the molecule is CC(C)c1cn(CC[C@H]2CC[C@@H](NS(=O)(=O)Cc3ccccc3)[C@@H](CO)O2)nn1. The van der Waals surface area contributed by atoms with Gasteiger partial charge in [0.05, 0.1) is 36.3 Å². The number of aliphatic hydroxyl groups excluding tert-OH is 1. The van der Waals surface area contributed by atoms with Gasteiger partial charge in [-0.1, -0.05) is 49.4 Å². The van der Waals surface area contributed by atoms with Crippen LogP contribution in [0.25, 0.3) is 0 Å². The van der Waals surface area contributed by atoms with Gasteiger partial charge in [-0.25, -0.2) is 13.1 Å². The monoisotopic (exact) mass is 422 g/mol. The van der Waals surface area contributed by atoms with Crippen molar-refractivity contribution in [2.75, 3.05) is 6.61 Å². The van der Waals surface area contributed by atoms with Crippen LogP contribution in [0.4, 0.5) is 0 Å². The van der Waals surface area contributed by atoms with Gasteiger partial charge in [-0.05, 0) is 30.7 Å². The first-order valence-corrected chi connectivity index (χ1v) is 11.7. The predicted octanol–water partition coefficient (Wildman–Crippen LogP) is 1.82. The maximum atomic E-state index is 12.5. The Balaban J connectivity index is 1.52. The lowest BCUT2D eigenvalue weighted by Crippen LogP contribution is -2.51. The quantitative estimate of drug-likeness (QED) is 0.638. The van der Waals surface area contributed by atoms with E-state index in [-0.39, 0.29) is 18.5 Å². The van der Waals surface area contributed by atoms with Gasteiger partial charge in [0.1, 0.15) is 0 Å². The Morgan fingerprint density at radius 2 is 2.03 bits per heavy atom. The van der Waals surface area contributed by atoms with Gasteiger partial charge in [-0.2, -0.15) is 0 Å². The van der Waals surface area contributed by atoms with Crippen molar-refractivity contribution >= 4 is 10.0 Å². The summed E-state index contributed by atoms with van der Waals surface area (Å²) in [5.74, 6) is 0.245. The summed E-state index contributed by atoms with van der Waals surface area (Å²) in [6.07, 6.45) is 3.42. The maximum Gasteiger partial charge on any atom is 0.216 e. The lowest BCUT2D eigenvalue weighted by atomic mass is 9.98. The van der Waals surface area contributed by atoms with Crippen molar-refractivity contribution < 1.29 is 18.3 Å². The maximum absolute atomic E-state index is 12.5. The van der Waals surface area contributed by atoms with Crippen LogP contribution in [0.1, 0.15) is 50.3 Å². The highest BCUT2D eigenvalue weighted by molar-refractivity contribution is 7.88. The molecule has 2 heterocycles. The Hall–Kier alpha value is -1.81. The van der Waals surface area contributed by atoms with E-state index in [1.807, 2.05) is 24.4 Å². The van der Waals surface area contributed by atoms with Crippen LogP contribution in [-0.4, -0.2) is 53.4 Å². The van der Waals surface area contributed by atoms with Gasteiger partial charge < -0.3 is 9.84 Å². The molecule has 1 fully saturated rings. The first-order valence-electron chi connectivity index (χ1n) is 10.1. The Bertz CT molecular complexity index is 870. The Morgan fingerprint density at radius 3 is 2.69 bits per heavy atom. The second-order valence-electron chi connectivity index (χ2n) is 7.88. The molecule has 0 unspecified atom stereocenters. The molecule has 0 amide bonds. The number of hydrogen-bond donors (Lipinski definition) is 2. The van der Waals surface area contributed by atoms with Crippen molar-refractivity contribution in [3.63, 3.8) is 0 Å². The normalized spacial score (nSPS) is 22.8. The largest absolute Gasteiger partial charge is 0.394 e. The van der Waals surface area contributed by atoms with E-state index in [1.165, 1.54) is 0 Å². The van der Waals surface area contributed by atoms with Crippen molar-refractivity contribution in [3.8, 4) is 0 Å². The van der Waals surface area contributed by atoms with Crippen molar-refractivity contribution in [3.05, 3.63) is 47.8 Å². The van der Waals surface area contributed by atoms with Gasteiger partial charge >= 0.3 is 0 Å². The number of rotatable bonds is 9. The third-order valence-corrected chi connectivity index (χ3v) is 6.53. The van der Waals surface area contributed by atoms with Crippen LogP contribution < -0.4 is 4.72 Å². The standard InChI is InChI=1S/C20H30N4O4S/c1-15(2)19-12-24(23-21-19)11-10-17-8-9-18(20(13-25)28-17)22-29(26,27)14-16-6-4-3-5-7-16/h3-7,12,15,17-18,20,22,25H,8-11,13-14H2,1-2H3/t17-,18-,20-/m1/s1. The van der Waals surface area contributed by atoms with Crippen LogP contribution in [0.5, 0.6) is 0 Å². The zero-order valence-corrected chi connectivity index (χ0v) is 17.8. The van der Waals surface area contributed by atoms with Gasteiger partial charge in [0.25, 0.3) is 0 Å². The highest BCUT2D eigenvalue weighted by Gasteiger charge is 2.33. The number of nitrogens with zero attached hydrogens (tertiary/aromatic N) is 3. The van der Waals surface area contributed by atoms with Crippen LogP contribution in [0.3, 0.4) is 0 Å². The van der Waals surface area contributed by atoms with E-state index in [2.05, 4.69) is 28.9 Å². The highest BCUT2D eigenvalue weighted by Crippen LogP contribution is 2.23. The molecule has 0 aliphatic carbocycles. The fraction of sp³-hybridized carbons (Fsp3) is 0.600. The van der Waals surface area contributed by atoms with E-state index in [4.69, 9.17) is 4.74 Å². The topological polar surface area (TPSA) is 106 Å². The number of aliphatic hydroxyl groups is 1. The molecule has 1 saturated heterocycles. The molecule has 9 heteroatoms. The lowest BCUT2D eigenvalue weighted by molar-refractivity contribution is -0.0891. The number of nitrogens with one attached hydrogen (secondary N) is 1. The molecule has 1 aliphatic heterocycles. The first kappa shape index (κ1) is 21.9. The van der Waals surface area contributed by atoms with Crippen LogP contribution in [0, 0.1) is 0 Å². The summed E-state index contributed by atoms with van der Waals surface area (Å²) in [5, 5.41) is 18.0. The molecule has 3 rings (SSSR count). The van der Waals surface area contributed by atoms with Crippen LogP contribution in [0.2, 0.25) is 0 Å². The van der Waals surface area contributed by atoms with E-state index < -0.39 is 22.2 Å². The summed E-state index contributed by atoms with van der Waals surface area (Å²) < 4.78 is 35.5. The highest BCUT2D eigenvalue weighted by atomic mass is 32.2. The summed E-state index contributed by atoms with van der Waals surface area (Å²) in [4.78, 5) is 0. The molecular weight excluding hydrogens is 392 g/mol. The number of benzene rings is 1. The fourth-order valence-electron chi connectivity index (χ4n) is 3.51. The molecule has 3 atom stereocenters. The molecule has 0 radical (unpaired) electrons. The average molecular weight is 423 g/mol. The molecule has 29 heavy (non-hydrogen) atoms. The number of aryl methyl sites for hydroxylation is 1. The third kappa shape index (κ3) is 6.33. The summed E-state index contributed by atoms with van der Waals surface area (Å²) in [6, 6.07) is 8.62. The van der Waals surface area contributed by atoms with Gasteiger partial charge in [0.15, 0.2) is 0 Å². The van der Waals surface area contributed by atoms with Gasteiger partial charge in [-0.3, -0.25) is 4.68 Å². The Morgan fingerprint density at radius 1 is 1.28 bits per heavy atom. The van der Waals surface area contributed by atoms with E-state index >= 15 is 0 Å². The molecule has 0 saturated carbocycles. The molecular formula is C20H30N4O4S. The van der Waals surface area contributed by atoms with E-state index in [9.17, 15) is 13.5 Å². The smallest absolute Gasteiger partial charge is 0.216 e. The molecule has 1 aromatic carbocycles. The van der Waals surface area contributed by atoms with E-state index in [1.54, 1.807) is 16.8 Å². The number of ether oxygens (including phenoxy) is 1. The average Bonchev–Trinajstić information content (AvgIpc) is 3.17. The zero-order valence-electron chi connectivity index (χ0n) is 16.9. The summed E-state index contributed by atoms with van der Waals surface area (Å²) in [5.41, 5.74) is 1.68. The van der Waals surface area contributed by atoms with E-state index in [0.717, 1.165) is 24.1 Å². The van der Waals surface area contributed by atoms with Crippen molar-refractivity contribution in [2.24, 2.45) is 0 Å². The third-order valence-electron chi connectivity index (χ3n) is 5.15. The molecule has 1 aliphatic rings. The molecule has 2 aromatic rings. The van der Waals surface area contributed by atoms with Crippen molar-refractivity contribution in [1.29, 1.82) is 0 Å². The van der Waals surface area contributed by atoms with Crippen LogP contribution in [-0.2, 0) is 27.1 Å². The summed E-state index contributed by atoms with van der Waals surface area (Å²) >= 11 is 0. The molecule has 0 spiro atoms. The number of hydrogen-bond acceptors (Lipinski definition) is 6. The number of aromatic nitrogens is 3. The van der Waals surface area contributed by atoms with Gasteiger partial charge in [-0.15, -0.1) is 5.10 Å². The number of sulfonamides is 1. The Labute approximate surface area is 172 Å². The minimum Gasteiger partial charge on any atom is -0.394 e. The summed E-state index contributed by atoms with van der Waals surface area (Å²) in [7, 11) is -3.52. The second kappa shape index (κ2) is 9.80. The van der Waals surface area contributed by atoms with Crippen molar-refractivity contribution in [2.45, 2.75) is 69.6 Å². The molecule has 2 N–H and O–H groups in total. The lowest BCUT2D eigenvalue weighted by Gasteiger charge is -2.36. The van der Waals surface area contributed by atoms with Crippen LogP contribution in [0.15, 0.2) is 36.5 Å². The second-order valence-corrected chi connectivity index (χ2v) is 9.63. The van der Waals surface area contributed by atoms with Crippen LogP contribution >= 0.6 is 0 Å². The molecule has 160 valence electrons. The molecule has 0 bridgehead atoms. The fourth-order valence-corrected chi connectivity index (χ4v) is 4.95. The van der Waals surface area contributed by atoms with Crippen molar-refractivity contribution in [1.82, 2.24) is 19.7 Å². The Kier molecular flexibility index (Phi) is 7.39. The summed E-state index contributed by atoms with van der Waals surface area (Å²) in [6.45, 7) is 4.59.